The fraction of sp³-hybridized carbons (Fsp3) is 0.389. The van der Waals surface area contributed by atoms with Gasteiger partial charge in [-0.3, -0.25) is 13.6 Å². The zero-order chi connectivity index (χ0) is 21.6. The molecule has 2 aliphatic rings. The van der Waals surface area contributed by atoms with Gasteiger partial charge in [-0.25, -0.2) is 19.5 Å². The molecule has 5 rings (SSSR count). The predicted octanol–water partition coefficient (Wildman–Crippen LogP) is 1.93. The first-order valence-electron chi connectivity index (χ1n) is 9.53. The summed E-state index contributed by atoms with van der Waals surface area (Å²) in [5, 5.41) is 14.5. The van der Waals surface area contributed by atoms with Gasteiger partial charge in [0.15, 0.2) is 28.4 Å². The van der Waals surface area contributed by atoms with E-state index >= 15 is 0 Å². The molecule has 0 amide bonds. The summed E-state index contributed by atoms with van der Waals surface area (Å²) >= 11 is 1.46. The van der Waals surface area contributed by atoms with E-state index in [1.807, 2.05) is 30.3 Å². The summed E-state index contributed by atoms with van der Waals surface area (Å²) in [6.07, 6.45) is -2.47. The number of phosphoric acid groups is 1. The van der Waals surface area contributed by atoms with Crippen LogP contribution in [0.1, 0.15) is 11.8 Å². The number of hydrogen-bond acceptors (Lipinski definition) is 10. The molecule has 4 heterocycles. The van der Waals surface area contributed by atoms with Gasteiger partial charge in [-0.2, -0.15) is 0 Å². The van der Waals surface area contributed by atoms with Crippen molar-refractivity contribution in [2.45, 2.75) is 35.4 Å². The van der Waals surface area contributed by atoms with Crippen LogP contribution in [0.4, 0.5) is 5.82 Å². The Balaban J connectivity index is 1.54. The van der Waals surface area contributed by atoms with E-state index < -0.39 is 32.4 Å². The van der Waals surface area contributed by atoms with Crippen molar-refractivity contribution in [1.29, 1.82) is 0 Å². The van der Waals surface area contributed by atoms with Crippen LogP contribution in [0, 0.1) is 0 Å². The number of aliphatic hydroxyl groups excluding tert-OH is 1. The summed E-state index contributed by atoms with van der Waals surface area (Å²) in [5.41, 5.74) is 2.09. The summed E-state index contributed by atoms with van der Waals surface area (Å²) in [7, 11) is -2.50. The fourth-order valence-corrected chi connectivity index (χ4v) is 5.61. The number of phosphoric ester groups is 1. The predicted molar refractivity (Wildman–Crippen MR) is 111 cm³/mol. The van der Waals surface area contributed by atoms with Gasteiger partial charge in [-0.05, 0) is 5.56 Å². The van der Waals surface area contributed by atoms with E-state index in [-0.39, 0.29) is 6.61 Å². The van der Waals surface area contributed by atoms with Gasteiger partial charge in [0, 0.05) is 12.8 Å². The first-order valence-corrected chi connectivity index (χ1v) is 12.0. The van der Waals surface area contributed by atoms with Crippen LogP contribution in [0.3, 0.4) is 0 Å². The van der Waals surface area contributed by atoms with Crippen LogP contribution in [0.2, 0.25) is 0 Å². The van der Waals surface area contributed by atoms with Crippen molar-refractivity contribution in [2.75, 3.05) is 19.0 Å². The molecule has 164 valence electrons. The zero-order valence-electron chi connectivity index (χ0n) is 16.4. The monoisotopic (exact) mass is 465 g/mol. The van der Waals surface area contributed by atoms with Gasteiger partial charge in [0.1, 0.15) is 24.6 Å². The molecule has 31 heavy (non-hydrogen) atoms. The molecule has 5 atom stereocenters. The molecule has 0 bridgehead atoms. The molecular weight excluding hydrogens is 445 g/mol. The van der Waals surface area contributed by atoms with Crippen LogP contribution in [-0.4, -0.2) is 61.5 Å². The number of anilines is 1. The quantitative estimate of drug-likeness (QED) is 0.376. The number of aliphatic hydroxyl groups is 1. The number of nitrogens with zero attached hydrogens (tertiary/aromatic N) is 4. The molecule has 1 aromatic carbocycles. The van der Waals surface area contributed by atoms with Crippen molar-refractivity contribution in [3.63, 3.8) is 0 Å². The van der Waals surface area contributed by atoms with Gasteiger partial charge in [0.05, 0.1) is 6.61 Å². The van der Waals surface area contributed by atoms with E-state index in [0.29, 0.717) is 27.9 Å². The molecule has 2 fully saturated rings. The summed E-state index contributed by atoms with van der Waals surface area (Å²) < 4.78 is 29.4. The van der Waals surface area contributed by atoms with Crippen molar-refractivity contribution in [2.24, 2.45) is 0 Å². The minimum atomic E-state index is -4.23. The molecule has 2 saturated heterocycles. The highest BCUT2D eigenvalue weighted by molar-refractivity contribution is 7.98. The number of thioether (sulfide) groups is 1. The second-order valence-electron chi connectivity index (χ2n) is 7.07. The smallest absolute Gasteiger partial charge is 0.386 e. The second-order valence-corrected chi connectivity index (χ2v) is 9.42. The third kappa shape index (κ3) is 3.85. The van der Waals surface area contributed by atoms with E-state index in [9.17, 15) is 14.6 Å². The van der Waals surface area contributed by atoms with Crippen LogP contribution in [0.5, 0.6) is 0 Å². The van der Waals surface area contributed by atoms with Crippen LogP contribution in [0.15, 0.2) is 41.8 Å². The van der Waals surface area contributed by atoms with Gasteiger partial charge in [-0.1, -0.05) is 42.1 Å². The Morgan fingerprint density at radius 2 is 2.13 bits per heavy atom. The third-order valence-electron chi connectivity index (χ3n) is 5.11. The molecule has 13 heteroatoms. The first kappa shape index (κ1) is 20.8. The highest BCUT2D eigenvalue weighted by Gasteiger charge is 2.53. The number of imidazole rings is 1. The Kier molecular flexibility index (Phi) is 5.47. The normalized spacial score (nSPS) is 30.4. The van der Waals surface area contributed by atoms with E-state index in [1.165, 1.54) is 18.1 Å². The average molecular weight is 465 g/mol. The Bertz CT molecular complexity index is 1150. The highest BCUT2D eigenvalue weighted by atomic mass is 32.2. The Morgan fingerprint density at radius 1 is 1.32 bits per heavy atom. The van der Waals surface area contributed by atoms with Crippen molar-refractivity contribution in [3.05, 3.63) is 42.2 Å². The number of hydrogen-bond donors (Lipinski definition) is 3. The topological polar surface area (TPSA) is 141 Å². The summed E-state index contributed by atoms with van der Waals surface area (Å²) in [6.45, 7) is -0.165. The van der Waals surface area contributed by atoms with E-state index in [0.717, 1.165) is 5.56 Å². The molecule has 2 aromatic heterocycles. The van der Waals surface area contributed by atoms with Gasteiger partial charge in [0.2, 0.25) is 0 Å². The largest absolute Gasteiger partial charge is 0.472 e. The summed E-state index contributed by atoms with van der Waals surface area (Å²) in [5.74, 6) is 1.17. The van der Waals surface area contributed by atoms with E-state index in [1.54, 1.807) is 11.6 Å². The molecule has 0 aliphatic carbocycles. The molecule has 3 aromatic rings. The summed E-state index contributed by atoms with van der Waals surface area (Å²) in [6, 6.07) is 9.89. The van der Waals surface area contributed by atoms with Crippen LogP contribution >= 0.6 is 19.6 Å². The third-order valence-corrected chi connectivity index (χ3v) is 7.12. The molecule has 11 nitrogen and oxygen atoms in total. The van der Waals surface area contributed by atoms with Gasteiger partial charge in [0.25, 0.3) is 0 Å². The lowest BCUT2D eigenvalue weighted by Gasteiger charge is -2.27. The van der Waals surface area contributed by atoms with Gasteiger partial charge < -0.3 is 20.1 Å². The Labute approximate surface area is 181 Å². The maximum absolute atomic E-state index is 11.8. The molecule has 2 aliphatic heterocycles. The second kappa shape index (κ2) is 8.14. The first-order chi connectivity index (χ1) is 15.0. The Morgan fingerprint density at radius 3 is 2.90 bits per heavy atom. The lowest BCUT2D eigenvalue weighted by molar-refractivity contribution is -0.0684. The number of fused-ring (bicyclic) bond motifs is 2. The lowest BCUT2D eigenvalue weighted by Crippen LogP contribution is -2.39. The van der Waals surface area contributed by atoms with Crippen LogP contribution < -0.4 is 5.32 Å². The van der Waals surface area contributed by atoms with Gasteiger partial charge in [-0.15, -0.1) is 0 Å². The van der Waals surface area contributed by atoms with Crippen molar-refractivity contribution in [1.82, 2.24) is 19.5 Å². The standard InChI is InChI=1S/C18H20N5O6PS/c1-19-15-12-16(21-9-20-15)23(18(22-12)31-8-10-5-3-2-4-6-10)17-13(24)14-11(28-17)7-27-30(25,26)29-14/h2-6,9,11,13-14,17,24H,7-8H2,1H3,(H,25,26)(H,19,20,21)/t11-,13-,14-,17-/m1/s1. The average Bonchev–Trinajstić information content (AvgIpc) is 3.29. The fourth-order valence-electron chi connectivity index (χ4n) is 3.67. The molecule has 0 radical (unpaired) electrons. The van der Waals surface area contributed by atoms with Gasteiger partial charge >= 0.3 is 7.82 Å². The minimum Gasteiger partial charge on any atom is -0.386 e. The molecule has 3 N–H and O–H groups in total. The number of aromatic nitrogens is 4. The lowest BCUT2D eigenvalue weighted by atomic mass is 10.1. The number of nitrogens with one attached hydrogen (secondary N) is 1. The van der Waals surface area contributed by atoms with Crippen molar-refractivity contribution < 1.29 is 28.3 Å². The SMILES string of the molecule is CNc1ncnc2c1nc(SCc1ccccc1)n2[C@@H]1O[C@@H]2COP(=O)(O)O[C@H]2[C@H]1O. The number of rotatable bonds is 5. The number of ether oxygens (including phenoxy) is 1. The maximum Gasteiger partial charge on any atom is 0.472 e. The van der Waals surface area contributed by atoms with Crippen LogP contribution in [-0.2, 0) is 24.1 Å². The van der Waals surface area contributed by atoms with E-state index in [2.05, 4.69) is 15.3 Å². The molecule has 0 spiro atoms. The molecular formula is C18H20N5O6PS. The van der Waals surface area contributed by atoms with Crippen molar-refractivity contribution in [3.8, 4) is 0 Å². The summed E-state index contributed by atoms with van der Waals surface area (Å²) in [4.78, 5) is 22.9. The molecule has 0 saturated carbocycles. The highest BCUT2D eigenvalue weighted by Crippen LogP contribution is 2.53. The van der Waals surface area contributed by atoms with E-state index in [4.69, 9.17) is 18.8 Å². The maximum atomic E-state index is 11.8. The van der Waals surface area contributed by atoms with Crippen molar-refractivity contribution >= 4 is 36.6 Å². The van der Waals surface area contributed by atoms with Crippen LogP contribution in [0.25, 0.3) is 11.2 Å². The minimum absolute atomic E-state index is 0.165. The number of benzene rings is 1. The zero-order valence-corrected chi connectivity index (χ0v) is 18.1. The Hall–Kier alpha value is -2.05. The molecule has 1 unspecified atom stereocenters.